The molecule has 0 bridgehead atoms. The van der Waals surface area contributed by atoms with E-state index in [1.54, 1.807) is 0 Å². The highest BCUT2D eigenvalue weighted by Gasteiger charge is 2.20. The Kier molecular flexibility index (Phi) is 6.52. The molecule has 0 amide bonds. The fraction of sp³-hybridized carbons (Fsp3) is 0.429. The second kappa shape index (κ2) is 8.61. The van der Waals surface area contributed by atoms with Gasteiger partial charge in [0.05, 0.1) is 13.2 Å². The highest BCUT2D eigenvalue weighted by molar-refractivity contribution is 5.38. The Balaban J connectivity index is 2.29. The third-order valence-corrected chi connectivity index (χ3v) is 4.31. The average molecular weight is 312 g/mol. The van der Waals surface area contributed by atoms with Crippen molar-refractivity contribution in [3.63, 3.8) is 0 Å². The second-order valence-electron chi connectivity index (χ2n) is 5.87. The summed E-state index contributed by atoms with van der Waals surface area (Å²) in [5, 5.41) is 0. The molecule has 23 heavy (non-hydrogen) atoms. The molecular weight excluding hydrogens is 284 g/mol. The van der Waals surface area contributed by atoms with Crippen molar-refractivity contribution in [1.29, 1.82) is 0 Å². The van der Waals surface area contributed by atoms with Gasteiger partial charge < -0.3 is 9.47 Å². The molecule has 0 fully saturated rings. The van der Waals surface area contributed by atoms with Crippen LogP contribution in [0.1, 0.15) is 51.2 Å². The first-order valence-electron chi connectivity index (χ1n) is 8.65. The Bertz CT molecular complexity index is 522. The van der Waals surface area contributed by atoms with Gasteiger partial charge in [0.1, 0.15) is 11.5 Å². The summed E-state index contributed by atoms with van der Waals surface area (Å²) in [7, 11) is 0. The third kappa shape index (κ3) is 4.51. The van der Waals surface area contributed by atoms with Crippen LogP contribution in [-0.4, -0.2) is 13.2 Å². The van der Waals surface area contributed by atoms with E-state index >= 15 is 0 Å². The van der Waals surface area contributed by atoms with E-state index in [1.165, 1.54) is 11.1 Å². The van der Waals surface area contributed by atoms with Gasteiger partial charge in [-0.25, -0.2) is 0 Å². The molecule has 2 nitrogen and oxygen atoms in total. The molecule has 1 atom stereocenters. The minimum atomic E-state index is 0.395. The Morgan fingerprint density at radius 3 is 1.39 bits per heavy atom. The number of hydrogen-bond donors (Lipinski definition) is 0. The zero-order valence-electron chi connectivity index (χ0n) is 14.7. The van der Waals surface area contributed by atoms with Crippen molar-refractivity contribution in [2.24, 2.45) is 5.92 Å². The van der Waals surface area contributed by atoms with Crippen LogP contribution < -0.4 is 9.47 Å². The number of hydrogen-bond acceptors (Lipinski definition) is 2. The minimum absolute atomic E-state index is 0.395. The second-order valence-corrected chi connectivity index (χ2v) is 5.87. The molecule has 0 saturated carbocycles. The van der Waals surface area contributed by atoms with E-state index in [9.17, 15) is 0 Å². The van der Waals surface area contributed by atoms with Crippen molar-refractivity contribution < 1.29 is 9.47 Å². The largest absolute Gasteiger partial charge is 0.494 e. The van der Waals surface area contributed by atoms with Crippen molar-refractivity contribution in [2.45, 2.75) is 40.0 Å². The molecular formula is C21H28O2. The van der Waals surface area contributed by atoms with Crippen LogP contribution in [0.4, 0.5) is 0 Å². The molecule has 0 N–H and O–H groups in total. The van der Waals surface area contributed by atoms with Crippen LogP contribution in [0.3, 0.4) is 0 Å². The van der Waals surface area contributed by atoms with E-state index in [0.29, 0.717) is 25.0 Å². The third-order valence-electron chi connectivity index (χ3n) is 4.31. The molecule has 1 unspecified atom stereocenters. The van der Waals surface area contributed by atoms with Crippen LogP contribution in [0, 0.1) is 5.92 Å². The van der Waals surface area contributed by atoms with Gasteiger partial charge in [-0.05, 0) is 55.2 Å². The molecule has 0 spiro atoms. The van der Waals surface area contributed by atoms with Crippen molar-refractivity contribution in [3.8, 4) is 11.5 Å². The van der Waals surface area contributed by atoms with E-state index in [0.717, 1.165) is 17.9 Å². The standard InChI is InChI=1S/C21H28O2/c1-5-16(4)21(17-8-12-19(13-9-17)22-6-2)18-10-14-20(15-11-18)23-7-3/h8-16,21H,5-7H2,1-4H3. The van der Waals surface area contributed by atoms with E-state index in [2.05, 4.69) is 62.4 Å². The number of rotatable bonds is 8. The Labute approximate surface area is 140 Å². The molecule has 2 aromatic carbocycles. The summed E-state index contributed by atoms with van der Waals surface area (Å²) in [4.78, 5) is 0. The first kappa shape index (κ1) is 17.4. The molecule has 0 heterocycles. The molecule has 0 aliphatic rings. The van der Waals surface area contributed by atoms with Gasteiger partial charge >= 0.3 is 0 Å². The highest BCUT2D eigenvalue weighted by atomic mass is 16.5. The summed E-state index contributed by atoms with van der Waals surface area (Å²) >= 11 is 0. The minimum Gasteiger partial charge on any atom is -0.494 e. The maximum atomic E-state index is 5.56. The first-order valence-corrected chi connectivity index (χ1v) is 8.65. The van der Waals surface area contributed by atoms with Crippen LogP contribution >= 0.6 is 0 Å². The molecule has 2 rings (SSSR count). The van der Waals surface area contributed by atoms with Crippen LogP contribution in [0.5, 0.6) is 11.5 Å². The van der Waals surface area contributed by atoms with E-state index in [4.69, 9.17) is 9.47 Å². The van der Waals surface area contributed by atoms with Crippen LogP contribution in [0.2, 0.25) is 0 Å². The van der Waals surface area contributed by atoms with E-state index < -0.39 is 0 Å². The summed E-state index contributed by atoms with van der Waals surface area (Å²) < 4.78 is 11.1. The molecule has 0 aliphatic heterocycles. The zero-order chi connectivity index (χ0) is 16.7. The molecule has 124 valence electrons. The van der Waals surface area contributed by atoms with E-state index in [1.807, 2.05) is 13.8 Å². The molecule has 0 aliphatic carbocycles. The van der Waals surface area contributed by atoms with Gasteiger partial charge in [-0.1, -0.05) is 44.5 Å². The average Bonchev–Trinajstić information content (AvgIpc) is 2.58. The lowest BCUT2D eigenvalue weighted by atomic mass is 9.80. The lowest BCUT2D eigenvalue weighted by molar-refractivity contribution is 0.340. The molecule has 0 saturated heterocycles. The fourth-order valence-corrected chi connectivity index (χ4v) is 2.96. The Hall–Kier alpha value is -1.96. The van der Waals surface area contributed by atoms with Crippen molar-refractivity contribution in [1.82, 2.24) is 0 Å². The summed E-state index contributed by atoms with van der Waals surface area (Å²) in [5.74, 6) is 2.84. The topological polar surface area (TPSA) is 18.5 Å². The van der Waals surface area contributed by atoms with Gasteiger partial charge in [0, 0.05) is 5.92 Å². The van der Waals surface area contributed by atoms with Crippen LogP contribution in [-0.2, 0) is 0 Å². The number of benzene rings is 2. The summed E-state index contributed by atoms with van der Waals surface area (Å²) in [6.45, 7) is 9.99. The van der Waals surface area contributed by atoms with Gasteiger partial charge in [-0.2, -0.15) is 0 Å². The summed E-state index contributed by atoms with van der Waals surface area (Å²) in [6, 6.07) is 17.1. The van der Waals surface area contributed by atoms with Gasteiger partial charge in [-0.3, -0.25) is 0 Å². The molecule has 0 radical (unpaired) electrons. The molecule has 2 heteroatoms. The summed E-state index contributed by atoms with van der Waals surface area (Å²) in [5.41, 5.74) is 2.68. The maximum Gasteiger partial charge on any atom is 0.119 e. The quantitative estimate of drug-likeness (QED) is 0.626. The lowest BCUT2D eigenvalue weighted by Gasteiger charge is -2.24. The van der Waals surface area contributed by atoms with Crippen LogP contribution in [0.25, 0.3) is 0 Å². The van der Waals surface area contributed by atoms with Crippen molar-refractivity contribution in [3.05, 3.63) is 59.7 Å². The first-order chi connectivity index (χ1) is 11.2. The van der Waals surface area contributed by atoms with E-state index in [-0.39, 0.29) is 0 Å². The Morgan fingerprint density at radius 2 is 1.09 bits per heavy atom. The lowest BCUT2D eigenvalue weighted by Crippen LogP contribution is -2.11. The predicted molar refractivity (Wildman–Crippen MR) is 96.5 cm³/mol. The van der Waals surface area contributed by atoms with Gasteiger partial charge in [0.2, 0.25) is 0 Å². The fourth-order valence-electron chi connectivity index (χ4n) is 2.96. The van der Waals surface area contributed by atoms with Crippen LogP contribution in [0.15, 0.2) is 48.5 Å². The Morgan fingerprint density at radius 1 is 0.696 bits per heavy atom. The summed E-state index contributed by atoms with van der Waals surface area (Å²) in [6.07, 6.45) is 1.14. The van der Waals surface area contributed by atoms with Crippen molar-refractivity contribution in [2.75, 3.05) is 13.2 Å². The SMILES string of the molecule is CCOc1ccc(C(c2ccc(OCC)cc2)C(C)CC)cc1. The maximum absolute atomic E-state index is 5.56. The molecule has 2 aromatic rings. The van der Waals surface area contributed by atoms with Crippen molar-refractivity contribution >= 4 is 0 Å². The van der Waals surface area contributed by atoms with Gasteiger partial charge in [-0.15, -0.1) is 0 Å². The highest BCUT2D eigenvalue weighted by Crippen LogP contribution is 2.35. The zero-order valence-corrected chi connectivity index (χ0v) is 14.7. The smallest absolute Gasteiger partial charge is 0.119 e. The van der Waals surface area contributed by atoms with Gasteiger partial charge in [0.25, 0.3) is 0 Å². The molecule has 0 aromatic heterocycles. The number of ether oxygens (including phenoxy) is 2. The normalized spacial score (nSPS) is 12.2. The van der Waals surface area contributed by atoms with Gasteiger partial charge in [0.15, 0.2) is 0 Å². The predicted octanol–water partition coefficient (Wildman–Crippen LogP) is 5.66. The monoisotopic (exact) mass is 312 g/mol.